The first-order valence-electron chi connectivity index (χ1n) is 7.93. The van der Waals surface area contributed by atoms with Crippen LogP contribution in [0.5, 0.6) is 0 Å². The first-order valence-corrected chi connectivity index (χ1v) is 8.34. The lowest BCUT2D eigenvalue weighted by molar-refractivity contribution is -0.0911. The highest BCUT2D eigenvalue weighted by atomic mass is 32.1. The Morgan fingerprint density at radius 2 is 2.22 bits per heavy atom. The topological polar surface area (TPSA) is 79.6 Å². The summed E-state index contributed by atoms with van der Waals surface area (Å²) in [6, 6.07) is 1.93. The molecule has 2 N–H and O–H groups in total. The van der Waals surface area contributed by atoms with E-state index in [1.54, 1.807) is 17.2 Å². The second-order valence-electron chi connectivity index (χ2n) is 7.10. The summed E-state index contributed by atoms with van der Waals surface area (Å²) in [6.07, 6.45) is 6.02. The smallest absolute Gasteiger partial charge is 0.215 e. The first-order chi connectivity index (χ1) is 10.8. The Balaban J connectivity index is 1.89. The van der Waals surface area contributed by atoms with Crippen molar-refractivity contribution in [3.8, 4) is 0 Å². The molecule has 1 fully saturated rings. The fraction of sp³-hybridized carbons (Fsp3) is 0.625. The molecule has 2 atom stereocenters. The Morgan fingerprint density at radius 1 is 1.43 bits per heavy atom. The lowest BCUT2D eigenvalue weighted by atomic mass is 9.73. The maximum Gasteiger partial charge on any atom is 0.215 e. The minimum atomic E-state index is -0.864. The van der Waals surface area contributed by atoms with Gasteiger partial charge in [0.05, 0.1) is 12.1 Å². The number of rotatable bonds is 4. The van der Waals surface area contributed by atoms with Crippen molar-refractivity contribution >= 4 is 12.2 Å². The highest BCUT2D eigenvalue weighted by Crippen LogP contribution is 2.51. The van der Waals surface area contributed by atoms with E-state index in [0.717, 1.165) is 30.8 Å². The third-order valence-electron chi connectivity index (χ3n) is 5.27. The van der Waals surface area contributed by atoms with Gasteiger partial charge in [0, 0.05) is 11.9 Å². The molecule has 124 valence electrons. The zero-order valence-electron chi connectivity index (χ0n) is 13.8. The molecule has 0 spiro atoms. The Hall–Kier alpha value is -1.60. The normalized spacial score (nSPS) is 26.5. The Labute approximate surface area is 141 Å². The maximum atomic E-state index is 11.5. The van der Waals surface area contributed by atoms with Crippen LogP contribution in [0.2, 0.25) is 0 Å². The maximum absolute atomic E-state index is 11.5. The highest BCUT2D eigenvalue weighted by molar-refractivity contribution is 7.71. The number of aryl methyl sites for hydroxylation is 1. The van der Waals surface area contributed by atoms with Crippen LogP contribution in [0.15, 0.2) is 18.6 Å². The lowest BCUT2D eigenvalue weighted by Crippen LogP contribution is -2.49. The van der Waals surface area contributed by atoms with Crippen LogP contribution in [-0.2, 0) is 13.0 Å². The van der Waals surface area contributed by atoms with E-state index in [0.29, 0.717) is 11.3 Å². The summed E-state index contributed by atoms with van der Waals surface area (Å²) in [5, 5.41) is 14.6. The zero-order valence-corrected chi connectivity index (χ0v) is 14.6. The second-order valence-corrected chi connectivity index (χ2v) is 7.46. The van der Waals surface area contributed by atoms with E-state index in [-0.39, 0.29) is 11.3 Å². The number of H-pyrrole nitrogens is 1. The van der Waals surface area contributed by atoms with Crippen molar-refractivity contribution in [3.05, 3.63) is 34.9 Å². The van der Waals surface area contributed by atoms with Crippen LogP contribution in [0.1, 0.15) is 38.2 Å². The molecule has 0 aromatic carbocycles. The van der Waals surface area contributed by atoms with Crippen molar-refractivity contribution in [2.45, 2.75) is 52.2 Å². The fourth-order valence-corrected chi connectivity index (χ4v) is 3.83. The molecule has 0 aliphatic heterocycles. The number of hydrogen-bond acceptors (Lipinski definition) is 5. The summed E-state index contributed by atoms with van der Waals surface area (Å²) in [5.74, 6) is 0.885. The van der Waals surface area contributed by atoms with E-state index in [9.17, 15) is 5.11 Å². The summed E-state index contributed by atoms with van der Waals surface area (Å²) < 4.78 is 2.22. The van der Waals surface area contributed by atoms with Crippen LogP contribution in [0.3, 0.4) is 0 Å². The van der Waals surface area contributed by atoms with Gasteiger partial charge in [0.25, 0.3) is 0 Å². The molecule has 6 nitrogen and oxygen atoms in total. The van der Waals surface area contributed by atoms with Crippen LogP contribution in [-0.4, -0.2) is 35.4 Å². The SMILES string of the molecule is Cc1nccc(CC2CCC(C)(C)C2(O)Cn2[nH]cnc2=S)n1. The monoisotopic (exact) mass is 333 g/mol. The van der Waals surface area contributed by atoms with Crippen LogP contribution < -0.4 is 0 Å². The molecule has 3 rings (SSSR count). The van der Waals surface area contributed by atoms with Gasteiger partial charge in [-0.05, 0) is 55.8 Å². The largest absolute Gasteiger partial charge is 0.387 e. The van der Waals surface area contributed by atoms with Crippen molar-refractivity contribution in [1.29, 1.82) is 0 Å². The van der Waals surface area contributed by atoms with Gasteiger partial charge in [0.15, 0.2) is 0 Å². The summed E-state index contributed by atoms with van der Waals surface area (Å²) in [7, 11) is 0. The van der Waals surface area contributed by atoms with E-state index in [2.05, 4.69) is 33.9 Å². The van der Waals surface area contributed by atoms with Gasteiger partial charge in [-0.25, -0.2) is 15.0 Å². The molecule has 0 saturated heterocycles. The number of nitrogens with zero attached hydrogens (tertiary/aromatic N) is 4. The molecule has 2 unspecified atom stereocenters. The standard InChI is InChI=1S/C16H23N5OS/c1-11-17-7-5-13(20-11)8-12-4-6-15(2,3)16(12,22)9-21-14(23)18-10-19-21/h5,7,10,12,22H,4,6,8-9H2,1-3H3,(H,18,19,23). The number of aliphatic hydroxyl groups is 1. The molecule has 1 aliphatic carbocycles. The molecular weight excluding hydrogens is 310 g/mol. The van der Waals surface area contributed by atoms with Gasteiger partial charge in [-0.2, -0.15) is 0 Å². The van der Waals surface area contributed by atoms with Gasteiger partial charge < -0.3 is 5.11 Å². The van der Waals surface area contributed by atoms with E-state index in [1.807, 2.05) is 13.0 Å². The summed E-state index contributed by atoms with van der Waals surface area (Å²) in [5.41, 5.74) is -0.0807. The van der Waals surface area contributed by atoms with Crippen molar-refractivity contribution in [2.24, 2.45) is 11.3 Å². The van der Waals surface area contributed by atoms with Gasteiger partial charge in [0.1, 0.15) is 12.2 Å². The summed E-state index contributed by atoms with van der Waals surface area (Å²) >= 11 is 5.22. The minimum absolute atomic E-state index is 0.122. The average Bonchev–Trinajstić information content (AvgIpc) is 2.96. The first kappa shape index (κ1) is 16.3. The minimum Gasteiger partial charge on any atom is -0.387 e. The van der Waals surface area contributed by atoms with Crippen LogP contribution in [0.4, 0.5) is 0 Å². The van der Waals surface area contributed by atoms with Crippen LogP contribution in [0, 0.1) is 23.0 Å². The van der Waals surface area contributed by atoms with Gasteiger partial charge in [0.2, 0.25) is 4.77 Å². The lowest BCUT2D eigenvalue weighted by Gasteiger charge is -2.40. The van der Waals surface area contributed by atoms with Gasteiger partial charge in [-0.3, -0.25) is 9.78 Å². The van der Waals surface area contributed by atoms with Crippen molar-refractivity contribution in [2.75, 3.05) is 0 Å². The van der Waals surface area contributed by atoms with Crippen LogP contribution >= 0.6 is 12.2 Å². The molecule has 2 aromatic rings. The Morgan fingerprint density at radius 3 is 2.87 bits per heavy atom. The van der Waals surface area contributed by atoms with E-state index in [1.165, 1.54) is 0 Å². The van der Waals surface area contributed by atoms with E-state index in [4.69, 9.17) is 12.2 Å². The zero-order chi connectivity index (χ0) is 16.7. The fourth-order valence-electron chi connectivity index (χ4n) is 3.66. The quantitative estimate of drug-likeness (QED) is 0.840. The number of aromatic nitrogens is 5. The molecule has 1 aliphatic rings. The predicted molar refractivity (Wildman–Crippen MR) is 89.3 cm³/mol. The predicted octanol–water partition coefficient (Wildman–Crippen LogP) is 2.45. The van der Waals surface area contributed by atoms with Crippen molar-refractivity contribution < 1.29 is 5.11 Å². The third kappa shape index (κ3) is 2.95. The molecule has 0 amide bonds. The Kier molecular flexibility index (Phi) is 4.10. The molecule has 2 aromatic heterocycles. The second kappa shape index (κ2) is 5.79. The molecule has 2 heterocycles. The molecule has 23 heavy (non-hydrogen) atoms. The molecule has 0 bridgehead atoms. The van der Waals surface area contributed by atoms with Gasteiger partial charge in [-0.15, -0.1) is 0 Å². The van der Waals surface area contributed by atoms with Crippen molar-refractivity contribution in [1.82, 2.24) is 24.7 Å². The number of nitrogens with one attached hydrogen (secondary N) is 1. The number of hydrogen-bond donors (Lipinski definition) is 2. The summed E-state index contributed by atoms with van der Waals surface area (Å²) in [6.45, 7) is 6.56. The molecular formula is C16H23N5OS. The third-order valence-corrected chi connectivity index (χ3v) is 5.60. The van der Waals surface area contributed by atoms with E-state index >= 15 is 0 Å². The van der Waals surface area contributed by atoms with Crippen LogP contribution in [0.25, 0.3) is 0 Å². The van der Waals surface area contributed by atoms with Gasteiger partial charge >= 0.3 is 0 Å². The van der Waals surface area contributed by atoms with E-state index < -0.39 is 5.60 Å². The molecule has 7 heteroatoms. The average molecular weight is 333 g/mol. The van der Waals surface area contributed by atoms with Gasteiger partial charge in [-0.1, -0.05) is 13.8 Å². The highest BCUT2D eigenvalue weighted by Gasteiger charge is 2.54. The Bertz CT molecular complexity index is 753. The van der Waals surface area contributed by atoms with Crippen molar-refractivity contribution in [3.63, 3.8) is 0 Å². The summed E-state index contributed by atoms with van der Waals surface area (Å²) in [4.78, 5) is 12.7. The molecule has 0 radical (unpaired) electrons. The number of aromatic amines is 1. The molecule has 1 saturated carbocycles.